The predicted octanol–water partition coefficient (Wildman–Crippen LogP) is 3.50. The summed E-state index contributed by atoms with van der Waals surface area (Å²) in [6.45, 7) is 2.76. The smallest absolute Gasteiger partial charge is 0.0674 e. The molecule has 1 aromatic carbocycles. The summed E-state index contributed by atoms with van der Waals surface area (Å²) in [7, 11) is 0. The van der Waals surface area contributed by atoms with E-state index in [4.69, 9.17) is 11.6 Å². The lowest BCUT2D eigenvalue weighted by molar-refractivity contribution is 0.686. The highest BCUT2D eigenvalue weighted by atomic mass is 127. The predicted molar refractivity (Wildman–Crippen MR) is 70.2 cm³/mol. The van der Waals surface area contributed by atoms with E-state index in [2.05, 4.69) is 33.8 Å². The minimum atomic E-state index is 0.724. The zero-order valence-corrected chi connectivity index (χ0v) is 11.2. The second-order valence-electron chi connectivity index (χ2n) is 3.45. The van der Waals surface area contributed by atoms with Crippen molar-refractivity contribution in [1.29, 1.82) is 0 Å². The molecule has 0 aliphatic heterocycles. The Hall–Kier alpha value is -0.550. The van der Waals surface area contributed by atoms with Crippen molar-refractivity contribution in [2.24, 2.45) is 0 Å². The number of rotatable bonds is 2. The second kappa shape index (κ2) is 4.53. The van der Waals surface area contributed by atoms with Crippen LogP contribution in [0.25, 0.3) is 0 Å². The van der Waals surface area contributed by atoms with E-state index in [0.29, 0.717) is 0 Å². The van der Waals surface area contributed by atoms with Crippen LogP contribution in [0.5, 0.6) is 0 Å². The summed E-state index contributed by atoms with van der Waals surface area (Å²) in [4.78, 5) is 0. The Balaban J connectivity index is 2.24. The van der Waals surface area contributed by atoms with E-state index in [9.17, 15) is 0 Å². The van der Waals surface area contributed by atoms with Gasteiger partial charge in [-0.05, 0) is 46.7 Å². The maximum absolute atomic E-state index is 6.14. The maximum atomic E-state index is 6.14. The quantitative estimate of drug-likeness (QED) is 0.770. The van der Waals surface area contributed by atoms with Crippen molar-refractivity contribution in [3.05, 3.63) is 50.3 Å². The molecule has 0 spiro atoms. The van der Waals surface area contributed by atoms with Crippen molar-refractivity contribution in [1.82, 2.24) is 9.78 Å². The van der Waals surface area contributed by atoms with Crippen molar-refractivity contribution in [3.8, 4) is 0 Å². The molecule has 1 heterocycles. The van der Waals surface area contributed by atoms with Gasteiger partial charge in [0.15, 0.2) is 0 Å². The number of halogens is 2. The maximum Gasteiger partial charge on any atom is 0.0674 e. The van der Waals surface area contributed by atoms with Crippen LogP contribution in [0.4, 0.5) is 0 Å². The molecule has 15 heavy (non-hydrogen) atoms. The average molecular weight is 333 g/mol. The molecule has 0 unspecified atom stereocenters. The largest absolute Gasteiger partial charge is 0.267 e. The lowest BCUT2D eigenvalue weighted by atomic mass is 10.1. The first-order chi connectivity index (χ1) is 7.15. The van der Waals surface area contributed by atoms with Crippen molar-refractivity contribution >= 4 is 34.2 Å². The molecule has 2 rings (SSSR count). The van der Waals surface area contributed by atoms with Gasteiger partial charge < -0.3 is 0 Å². The van der Waals surface area contributed by atoms with Crippen LogP contribution in [0.15, 0.2) is 30.6 Å². The fourth-order valence-electron chi connectivity index (χ4n) is 1.38. The van der Waals surface area contributed by atoms with E-state index < -0.39 is 0 Å². The monoisotopic (exact) mass is 332 g/mol. The number of hydrogen-bond donors (Lipinski definition) is 0. The van der Waals surface area contributed by atoms with Crippen LogP contribution in [0.3, 0.4) is 0 Å². The summed E-state index contributed by atoms with van der Waals surface area (Å²) >= 11 is 8.38. The lowest BCUT2D eigenvalue weighted by Gasteiger charge is -2.05. The highest BCUT2D eigenvalue weighted by Gasteiger charge is 2.02. The molecule has 0 N–H and O–H groups in total. The number of nitrogens with zero attached hydrogens (tertiary/aromatic N) is 2. The third kappa shape index (κ3) is 2.72. The van der Waals surface area contributed by atoms with Gasteiger partial charge in [-0.3, -0.25) is 4.68 Å². The number of benzene rings is 1. The van der Waals surface area contributed by atoms with Gasteiger partial charge in [0.25, 0.3) is 0 Å². The van der Waals surface area contributed by atoms with Gasteiger partial charge in [-0.1, -0.05) is 23.7 Å². The van der Waals surface area contributed by atoms with E-state index in [-0.39, 0.29) is 0 Å². The van der Waals surface area contributed by atoms with Crippen LogP contribution in [0, 0.1) is 10.5 Å². The molecule has 0 saturated carbocycles. The topological polar surface area (TPSA) is 17.8 Å². The molecule has 78 valence electrons. The summed E-state index contributed by atoms with van der Waals surface area (Å²) in [5, 5.41) is 5.03. The molecule has 0 aliphatic carbocycles. The van der Waals surface area contributed by atoms with E-state index in [1.165, 1.54) is 5.56 Å². The van der Waals surface area contributed by atoms with Crippen molar-refractivity contribution in [3.63, 3.8) is 0 Å². The van der Waals surface area contributed by atoms with Gasteiger partial charge in [-0.15, -0.1) is 0 Å². The van der Waals surface area contributed by atoms with Gasteiger partial charge in [0.1, 0.15) is 0 Å². The minimum absolute atomic E-state index is 0.724. The Kier molecular flexibility index (Phi) is 3.31. The van der Waals surface area contributed by atoms with E-state index >= 15 is 0 Å². The van der Waals surface area contributed by atoms with Crippen LogP contribution in [-0.2, 0) is 6.54 Å². The normalized spacial score (nSPS) is 10.6. The highest BCUT2D eigenvalue weighted by Crippen LogP contribution is 2.18. The molecule has 0 saturated heterocycles. The van der Waals surface area contributed by atoms with Crippen LogP contribution >= 0.6 is 34.2 Å². The number of aryl methyl sites for hydroxylation is 1. The van der Waals surface area contributed by atoms with Gasteiger partial charge in [0.2, 0.25) is 0 Å². The van der Waals surface area contributed by atoms with E-state index in [1.807, 2.05) is 36.1 Å². The van der Waals surface area contributed by atoms with E-state index in [0.717, 1.165) is 20.7 Å². The first kappa shape index (κ1) is 11.0. The van der Waals surface area contributed by atoms with Gasteiger partial charge >= 0.3 is 0 Å². The van der Waals surface area contributed by atoms with Crippen molar-refractivity contribution < 1.29 is 0 Å². The molecule has 0 aliphatic rings. The third-order valence-corrected chi connectivity index (χ3v) is 3.05. The van der Waals surface area contributed by atoms with Gasteiger partial charge in [0, 0.05) is 11.2 Å². The highest BCUT2D eigenvalue weighted by molar-refractivity contribution is 14.1. The van der Waals surface area contributed by atoms with Crippen molar-refractivity contribution in [2.45, 2.75) is 13.5 Å². The molecular weight excluding hydrogens is 322 g/mol. The van der Waals surface area contributed by atoms with E-state index in [1.54, 1.807) is 0 Å². The molecule has 0 fully saturated rings. The summed E-state index contributed by atoms with van der Waals surface area (Å²) in [6.07, 6.45) is 3.83. The summed E-state index contributed by atoms with van der Waals surface area (Å²) in [6, 6.07) is 6.09. The molecule has 1 aromatic heterocycles. The summed E-state index contributed by atoms with van der Waals surface area (Å²) < 4.78 is 3.02. The second-order valence-corrected chi connectivity index (χ2v) is 5.10. The van der Waals surface area contributed by atoms with Crippen LogP contribution < -0.4 is 0 Å². The Morgan fingerprint density at radius 1 is 1.47 bits per heavy atom. The summed E-state index contributed by atoms with van der Waals surface area (Å²) in [5.41, 5.74) is 2.28. The Morgan fingerprint density at radius 2 is 2.27 bits per heavy atom. The zero-order valence-electron chi connectivity index (χ0n) is 8.24. The molecule has 4 heteroatoms. The van der Waals surface area contributed by atoms with Gasteiger partial charge in [-0.2, -0.15) is 5.10 Å². The number of hydrogen-bond acceptors (Lipinski definition) is 1. The van der Waals surface area contributed by atoms with Gasteiger partial charge in [0.05, 0.1) is 16.3 Å². The number of aromatic nitrogens is 2. The molecule has 2 nitrogen and oxygen atoms in total. The van der Waals surface area contributed by atoms with Crippen LogP contribution in [0.1, 0.15) is 11.1 Å². The SMILES string of the molecule is Cc1ccc(Cn2cc(I)cn2)c(Cl)c1. The molecule has 2 aromatic rings. The van der Waals surface area contributed by atoms with Crippen molar-refractivity contribution in [2.75, 3.05) is 0 Å². The standard InChI is InChI=1S/C11H10ClIN2/c1-8-2-3-9(11(12)4-8)6-15-7-10(13)5-14-15/h2-5,7H,6H2,1H3. The first-order valence-corrected chi connectivity index (χ1v) is 6.04. The average Bonchev–Trinajstić information content (AvgIpc) is 2.56. The zero-order chi connectivity index (χ0) is 10.8. The fourth-order valence-corrected chi connectivity index (χ4v) is 2.12. The molecule has 0 atom stereocenters. The molecule has 0 radical (unpaired) electrons. The van der Waals surface area contributed by atoms with Gasteiger partial charge in [-0.25, -0.2) is 0 Å². The van der Waals surface area contributed by atoms with Crippen LogP contribution in [0.2, 0.25) is 5.02 Å². The third-order valence-electron chi connectivity index (χ3n) is 2.14. The van der Waals surface area contributed by atoms with Crippen LogP contribution in [-0.4, -0.2) is 9.78 Å². The Bertz CT molecular complexity index is 479. The first-order valence-electron chi connectivity index (χ1n) is 4.58. The molecule has 0 amide bonds. The Labute approximate surface area is 107 Å². The molecule has 0 bridgehead atoms. The Morgan fingerprint density at radius 3 is 2.87 bits per heavy atom. The minimum Gasteiger partial charge on any atom is -0.267 e. The fraction of sp³-hybridized carbons (Fsp3) is 0.182. The molecular formula is C11H10ClIN2. The summed E-state index contributed by atoms with van der Waals surface area (Å²) in [5.74, 6) is 0. The lowest BCUT2D eigenvalue weighted by Crippen LogP contribution is -2.00.